The summed E-state index contributed by atoms with van der Waals surface area (Å²) in [5, 5.41) is 20.1. The van der Waals surface area contributed by atoms with Crippen molar-refractivity contribution in [2.75, 3.05) is 38.1 Å². The first kappa shape index (κ1) is 26.9. The summed E-state index contributed by atoms with van der Waals surface area (Å²) >= 11 is 6.63. The number of rotatable bonds is 7. The van der Waals surface area contributed by atoms with Crippen molar-refractivity contribution < 1.29 is 19.8 Å². The highest BCUT2D eigenvalue weighted by molar-refractivity contribution is 6.33. The number of benzene rings is 1. The van der Waals surface area contributed by atoms with Gasteiger partial charge in [-0.1, -0.05) is 24.1 Å². The van der Waals surface area contributed by atoms with Gasteiger partial charge in [-0.3, -0.25) is 19.5 Å². The number of hydrogen-bond acceptors (Lipinski definition) is 6. The minimum Gasteiger partial charge on any atom is -0.481 e. The van der Waals surface area contributed by atoms with Gasteiger partial charge in [0.15, 0.2) is 0 Å². The lowest BCUT2D eigenvalue weighted by Crippen LogP contribution is -2.29. The van der Waals surface area contributed by atoms with Crippen LogP contribution in [0.15, 0.2) is 30.5 Å². The molecule has 8 nitrogen and oxygen atoms in total. The van der Waals surface area contributed by atoms with E-state index in [0.29, 0.717) is 0 Å². The molecule has 3 N–H and O–H groups in total. The van der Waals surface area contributed by atoms with Crippen LogP contribution in [0.1, 0.15) is 48.9 Å². The van der Waals surface area contributed by atoms with Crippen LogP contribution >= 0.6 is 11.6 Å². The highest BCUT2D eigenvalue weighted by atomic mass is 35.5. The van der Waals surface area contributed by atoms with Crippen LogP contribution in [0.5, 0.6) is 0 Å². The average molecular weight is 503 g/mol. The number of hydrogen-bond donors (Lipinski definition) is 3. The molecule has 1 saturated heterocycles. The summed E-state index contributed by atoms with van der Waals surface area (Å²) in [6.45, 7) is 5.38. The Labute approximate surface area is 211 Å². The fourth-order valence-corrected chi connectivity index (χ4v) is 4.79. The van der Waals surface area contributed by atoms with E-state index in [1.165, 1.54) is 43.5 Å². The van der Waals surface area contributed by atoms with Gasteiger partial charge < -0.3 is 20.4 Å². The molecule has 4 rings (SSSR count). The van der Waals surface area contributed by atoms with Gasteiger partial charge in [0.05, 0.1) is 41.1 Å². The van der Waals surface area contributed by atoms with Gasteiger partial charge in [-0.15, -0.1) is 0 Å². The highest BCUT2D eigenvalue weighted by Gasteiger charge is 2.19. The minimum atomic E-state index is -1.08. The summed E-state index contributed by atoms with van der Waals surface area (Å²) in [5.41, 5.74) is 6.14. The van der Waals surface area contributed by atoms with Gasteiger partial charge >= 0.3 is 11.9 Å². The van der Waals surface area contributed by atoms with Gasteiger partial charge in [-0.05, 0) is 81.2 Å². The number of carboxylic acid groups (broad SMARTS) is 2. The number of anilines is 2. The standard InChI is InChI=1S/C22H29ClN4.C4H6O4/c1-26(22-20-10-12-24-11-9-17(20)5-8-21(22)23)19-7-6-18(25-15-19)16-27-13-3-2-4-14-27;5-3(6)1-2-4(7)8/h5-8,15,24H,2-4,9-14,16H2,1H3;1-2H2,(H,5,6)(H,7,8). The van der Waals surface area contributed by atoms with Gasteiger partial charge in [0.1, 0.15) is 0 Å². The summed E-state index contributed by atoms with van der Waals surface area (Å²) in [6.07, 6.45) is 7.46. The SMILES string of the molecule is CN(c1ccc(CN2CCCCC2)nc1)c1c(Cl)ccc2c1CCNCC2.O=C(O)CCC(=O)O. The lowest BCUT2D eigenvalue weighted by Gasteiger charge is -2.27. The second kappa shape index (κ2) is 13.4. The second-order valence-corrected chi connectivity index (χ2v) is 9.38. The molecule has 1 fully saturated rings. The second-order valence-electron chi connectivity index (χ2n) is 8.97. The van der Waals surface area contributed by atoms with Gasteiger partial charge in [-0.25, -0.2) is 0 Å². The van der Waals surface area contributed by atoms with Gasteiger partial charge in [0, 0.05) is 13.6 Å². The van der Waals surface area contributed by atoms with Gasteiger partial charge in [0.25, 0.3) is 0 Å². The van der Waals surface area contributed by atoms with Crippen LogP contribution in [0.2, 0.25) is 5.02 Å². The van der Waals surface area contributed by atoms with Gasteiger partial charge in [-0.2, -0.15) is 0 Å². The molecule has 2 aromatic rings. The van der Waals surface area contributed by atoms with E-state index in [9.17, 15) is 9.59 Å². The van der Waals surface area contributed by atoms with Crippen LogP contribution in [-0.4, -0.2) is 65.3 Å². The predicted octanol–water partition coefficient (Wildman–Crippen LogP) is 4.11. The largest absolute Gasteiger partial charge is 0.481 e. The number of piperidine rings is 1. The third-order valence-electron chi connectivity index (χ3n) is 6.37. The number of aliphatic carboxylic acids is 2. The number of nitrogens with one attached hydrogen (secondary N) is 1. The molecule has 35 heavy (non-hydrogen) atoms. The highest BCUT2D eigenvalue weighted by Crippen LogP contribution is 2.36. The van der Waals surface area contributed by atoms with Crippen molar-refractivity contribution in [1.82, 2.24) is 15.2 Å². The zero-order valence-corrected chi connectivity index (χ0v) is 21.1. The molecule has 3 heterocycles. The quantitative estimate of drug-likeness (QED) is 0.519. The maximum Gasteiger partial charge on any atom is 0.303 e. The normalized spacial score (nSPS) is 15.8. The molecule has 1 aromatic carbocycles. The Bertz CT molecular complexity index is 980. The molecule has 0 amide bonds. The molecular weight excluding hydrogens is 468 g/mol. The molecule has 0 unspecified atom stereocenters. The molecule has 0 atom stereocenters. The Hall–Kier alpha value is -2.68. The van der Waals surface area contributed by atoms with Crippen molar-refractivity contribution in [3.63, 3.8) is 0 Å². The number of nitrogens with zero attached hydrogens (tertiary/aromatic N) is 3. The van der Waals surface area contributed by atoms with Crippen LogP contribution in [0.25, 0.3) is 0 Å². The molecule has 1 aromatic heterocycles. The van der Waals surface area contributed by atoms with E-state index in [0.717, 1.165) is 54.6 Å². The van der Waals surface area contributed by atoms with E-state index in [1.54, 1.807) is 0 Å². The van der Waals surface area contributed by atoms with Crippen molar-refractivity contribution >= 4 is 34.9 Å². The number of fused-ring (bicyclic) bond motifs is 1. The van der Waals surface area contributed by atoms with E-state index < -0.39 is 11.9 Å². The number of likely N-dealkylation sites (tertiary alicyclic amines) is 1. The third-order valence-corrected chi connectivity index (χ3v) is 6.68. The van der Waals surface area contributed by atoms with E-state index in [-0.39, 0.29) is 12.8 Å². The molecule has 0 bridgehead atoms. The fraction of sp³-hybridized carbons (Fsp3) is 0.500. The van der Waals surface area contributed by atoms with E-state index in [4.69, 9.17) is 26.8 Å². The van der Waals surface area contributed by atoms with E-state index >= 15 is 0 Å². The Morgan fingerprint density at radius 1 is 1.03 bits per heavy atom. The number of carboxylic acids is 2. The number of halogens is 1. The molecular formula is C26H35ClN4O4. The van der Waals surface area contributed by atoms with Crippen LogP contribution in [0.3, 0.4) is 0 Å². The average Bonchev–Trinajstić information content (AvgIpc) is 3.09. The molecule has 190 valence electrons. The first-order chi connectivity index (χ1) is 16.8. The zero-order valence-electron chi connectivity index (χ0n) is 20.3. The lowest BCUT2D eigenvalue weighted by molar-refractivity contribution is -0.143. The minimum absolute atomic E-state index is 0.296. The molecule has 2 aliphatic rings. The van der Waals surface area contributed by atoms with Crippen LogP contribution in [0.4, 0.5) is 11.4 Å². The smallest absolute Gasteiger partial charge is 0.303 e. The Morgan fingerprint density at radius 3 is 2.34 bits per heavy atom. The lowest BCUT2D eigenvalue weighted by atomic mass is 10.00. The van der Waals surface area contributed by atoms with Crippen molar-refractivity contribution in [3.05, 3.63) is 52.3 Å². The van der Waals surface area contributed by atoms with Crippen molar-refractivity contribution in [2.45, 2.75) is 51.5 Å². The topological polar surface area (TPSA) is 106 Å². The molecule has 2 aliphatic heterocycles. The van der Waals surface area contributed by atoms with Crippen LogP contribution < -0.4 is 10.2 Å². The summed E-state index contributed by atoms with van der Waals surface area (Å²) in [4.78, 5) is 28.7. The predicted molar refractivity (Wildman–Crippen MR) is 138 cm³/mol. The van der Waals surface area contributed by atoms with Crippen LogP contribution in [-0.2, 0) is 29.0 Å². The molecule has 0 radical (unpaired) electrons. The third kappa shape index (κ3) is 8.19. The van der Waals surface area contributed by atoms with E-state index in [1.807, 2.05) is 12.3 Å². The zero-order chi connectivity index (χ0) is 25.2. The van der Waals surface area contributed by atoms with E-state index in [2.05, 4.69) is 40.4 Å². The van der Waals surface area contributed by atoms with Crippen molar-refractivity contribution in [1.29, 1.82) is 0 Å². The fourth-order valence-electron chi connectivity index (χ4n) is 4.48. The number of aromatic nitrogens is 1. The number of pyridine rings is 1. The summed E-state index contributed by atoms with van der Waals surface area (Å²) in [6, 6.07) is 8.56. The van der Waals surface area contributed by atoms with Crippen LogP contribution in [0, 0.1) is 0 Å². The monoisotopic (exact) mass is 502 g/mol. The Morgan fingerprint density at radius 2 is 1.71 bits per heavy atom. The maximum atomic E-state index is 9.64. The summed E-state index contributed by atoms with van der Waals surface area (Å²) < 4.78 is 0. The van der Waals surface area contributed by atoms with Gasteiger partial charge in [0.2, 0.25) is 0 Å². The van der Waals surface area contributed by atoms with Crippen molar-refractivity contribution in [2.24, 2.45) is 0 Å². The molecule has 0 spiro atoms. The Balaban J connectivity index is 0.000000371. The molecule has 0 aliphatic carbocycles. The number of carbonyl (C=O) groups is 2. The maximum absolute atomic E-state index is 9.64. The summed E-state index contributed by atoms with van der Waals surface area (Å²) in [7, 11) is 2.10. The molecule has 0 saturated carbocycles. The summed E-state index contributed by atoms with van der Waals surface area (Å²) in [5.74, 6) is -2.15. The first-order valence-corrected chi connectivity index (χ1v) is 12.6. The molecule has 9 heteroatoms. The first-order valence-electron chi connectivity index (χ1n) is 12.2. The van der Waals surface area contributed by atoms with Crippen molar-refractivity contribution in [3.8, 4) is 0 Å². The Kier molecular flexibility index (Phi) is 10.3.